The molecule has 1 atom stereocenters. The molecule has 1 rings (SSSR count). The maximum absolute atomic E-state index is 10.5. The normalized spacial score (nSPS) is 12.2. The van der Waals surface area contributed by atoms with E-state index in [4.69, 9.17) is 21.1 Å². The molecule has 8 heteroatoms. The van der Waals surface area contributed by atoms with Crippen LogP contribution in [0.4, 0.5) is 0 Å². The first-order chi connectivity index (χ1) is 8.66. The molecule has 1 aromatic carbocycles. The number of aryl methyl sites for hydroxylation is 1. The quantitative estimate of drug-likeness (QED) is 0.571. The summed E-state index contributed by atoms with van der Waals surface area (Å²) in [6.45, 7) is 2.07. The molecule has 1 unspecified atom stereocenters. The monoisotopic (exact) mass is 290 g/mol. The minimum atomic E-state index is -4.02. The van der Waals surface area contributed by atoms with Crippen LogP contribution in [0.2, 0.25) is 0 Å². The van der Waals surface area contributed by atoms with Crippen LogP contribution >= 0.6 is 0 Å². The van der Waals surface area contributed by atoms with Gasteiger partial charge in [-0.3, -0.25) is 9.35 Å². The van der Waals surface area contributed by atoms with Gasteiger partial charge in [-0.05, 0) is 19.1 Å². The number of aliphatic carboxylic acids is 1. The zero-order valence-electron chi connectivity index (χ0n) is 10.5. The minimum absolute atomic E-state index is 0.0451. The van der Waals surface area contributed by atoms with Crippen molar-refractivity contribution < 1.29 is 22.9 Å². The molecule has 0 fully saturated rings. The molecule has 0 radical (unpaired) electrons. The largest absolute Gasteiger partial charge is 0.481 e. The Labute approximate surface area is 112 Å². The van der Waals surface area contributed by atoms with Crippen LogP contribution in [0.1, 0.15) is 12.0 Å². The molecule has 0 saturated carbocycles. The van der Waals surface area contributed by atoms with Crippen molar-refractivity contribution in [2.24, 2.45) is 11.5 Å². The molecule has 0 saturated heterocycles. The van der Waals surface area contributed by atoms with Gasteiger partial charge >= 0.3 is 5.97 Å². The highest BCUT2D eigenvalue weighted by Crippen LogP contribution is 2.08. The number of carboxylic acids is 1. The number of carboxylic acid groups (broad SMARTS) is 1. The molecule has 0 aromatic heterocycles. The van der Waals surface area contributed by atoms with Crippen LogP contribution in [0.3, 0.4) is 0 Å². The molecule has 0 aliphatic heterocycles. The zero-order valence-corrected chi connectivity index (χ0v) is 11.3. The topological polar surface area (TPSA) is 144 Å². The standard InChI is InChI=1S/C7H8O3S.C4H10N2O2/c1-6-2-4-7(5-3-6)11(8,9)10;5-2-3(6)1-4(7)8/h2-5H,1H3,(H,8,9,10);3H,1-2,5-6H2,(H,7,8). The van der Waals surface area contributed by atoms with Gasteiger partial charge < -0.3 is 16.6 Å². The summed E-state index contributed by atoms with van der Waals surface area (Å²) >= 11 is 0. The Balaban J connectivity index is 0.000000362. The fraction of sp³-hybridized carbons (Fsp3) is 0.364. The molecule has 0 aliphatic rings. The first-order valence-corrected chi connectivity index (χ1v) is 6.82. The van der Waals surface area contributed by atoms with Crippen LogP contribution in [-0.4, -0.2) is 36.6 Å². The first-order valence-electron chi connectivity index (χ1n) is 5.38. The SMILES string of the molecule is Cc1ccc(S(=O)(=O)O)cc1.NCC(N)CC(=O)O. The van der Waals surface area contributed by atoms with Gasteiger partial charge in [0.1, 0.15) is 0 Å². The number of rotatable bonds is 4. The Morgan fingerprint density at radius 1 is 1.32 bits per heavy atom. The number of carbonyl (C=O) groups is 1. The molecule has 0 amide bonds. The summed E-state index contributed by atoms with van der Waals surface area (Å²) in [6, 6.07) is 5.59. The second kappa shape index (κ2) is 7.85. The van der Waals surface area contributed by atoms with Crippen LogP contribution in [-0.2, 0) is 14.9 Å². The van der Waals surface area contributed by atoms with Crippen molar-refractivity contribution in [3.63, 3.8) is 0 Å². The van der Waals surface area contributed by atoms with E-state index in [9.17, 15) is 13.2 Å². The minimum Gasteiger partial charge on any atom is -0.481 e. The summed E-state index contributed by atoms with van der Waals surface area (Å²) in [7, 11) is -4.02. The summed E-state index contributed by atoms with van der Waals surface area (Å²) < 4.78 is 29.6. The highest BCUT2D eigenvalue weighted by Gasteiger charge is 2.06. The lowest BCUT2D eigenvalue weighted by Gasteiger charge is -2.01. The van der Waals surface area contributed by atoms with Crippen molar-refractivity contribution in [1.29, 1.82) is 0 Å². The Bertz CT molecular complexity index is 498. The van der Waals surface area contributed by atoms with E-state index in [1.165, 1.54) is 12.1 Å². The Hall–Kier alpha value is -1.48. The third-order valence-corrected chi connectivity index (χ3v) is 2.93. The molecule has 0 bridgehead atoms. The van der Waals surface area contributed by atoms with Crippen molar-refractivity contribution in [2.75, 3.05) is 6.54 Å². The fourth-order valence-electron chi connectivity index (χ4n) is 1.02. The lowest BCUT2D eigenvalue weighted by molar-refractivity contribution is -0.137. The first kappa shape index (κ1) is 17.5. The van der Waals surface area contributed by atoms with Crippen LogP contribution in [0.5, 0.6) is 0 Å². The number of nitrogens with two attached hydrogens (primary N) is 2. The molecule has 0 spiro atoms. The average molecular weight is 290 g/mol. The van der Waals surface area contributed by atoms with E-state index in [1.807, 2.05) is 6.92 Å². The maximum Gasteiger partial charge on any atom is 0.304 e. The molecule has 0 heterocycles. The van der Waals surface area contributed by atoms with Gasteiger partial charge in [0.2, 0.25) is 0 Å². The highest BCUT2D eigenvalue weighted by molar-refractivity contribution is 7.85. The predicted octanol–water partition coefficient (Wildman–Crippen LogP) is -0.0112. The van der Waals surface area contributed by atoms with Crippen LogP contribution in [0.25, 0.3) is 0 Å². The maximum atomic E-state index is 10.5. The van der Waals surface area contributed by atoms with E-state index in [1.54, 1.807) is 12.1 Å². The second-order valence-electron chi connectivity index (χ2n) is 3.88. The summed E-state index contributed by atoms with van der Waals surface area (Å²) in [5.74, 6) is -0.900. The number of hydrogen-bond donors (Lipinski definition) is 4. The van der Waals surface area contributed by atoms with E-state index in [2.05, 4.69) is 0 Å². The Morgan fingerprint density at radius 2 is 1.79 bits per heavy atom. The molecule has 1 aromatic rings. The van der Waals surface area contributed by atoms with E-state index in [-0.39, 0.29) is 17.9 Å². The molecule has 0 aliphatic carbocycles. The summed E-state index contributed by atoms with van der Waals surface area (Å²) in [5.41, 5.74) is 11.2. The zero-order chi connectivity index (χ0) is 15.1. The van der Waals surface area contributed by atoms with Gasteiger partial charge in [0.05, 0.1) is 11.3 Å². The van der Waals surface area contributed by atoms with Crippen molar-refractivity contribution in [1.82, 2.24) is 0 Å². The van der Waals surface area contributed by atoms with Crippen LogP contribution in [0, 0.1) is 6.92 Å². The van der Waals surface area contributed by atoms with E-state index in [0.717, 1.165) is 5.56 Å². The molecule has 108 valence electrons. The molecule has 7 nitrogen and oxygen atoms in total. The van der Waals surface area contributed by atoms with Crippen molar-refractivity contribution in [3.8, 4) is 0 Å². The summed E-state index contributed by atoms with van der Waals surface area (Å²) in [5, 5.41) is 8.08. The van der Waals surface area contributed by atoms with Crippen molar-refractivity contribution >= 4 is 16.1 Å². The average Bonchev–Trinajstić information content (AvgIpc) is 2.28. The fourth-order valence-corrected chi connectivity index (χ4v) is 1.50. The van der Waals surface area contributed by atoms with E-state index >= 15 is 0 Å². The van der Waals surface area contributed by atoms with Gasteiger partial charge in [0.15, 0.2) is 0 Å². The molecule has 6 N–H and O–H groups in total. The van der Waals surface area contributed by atoms with Crippen molar-refractivity contribution in [3.05, 3.63) is 29.8 Å². The van der Waals surface area contributed by atoms with Crippen LogP contribution in [0.15, 0.2) is 29.2 Å². The third-order valence-electron chi connectivity index (χ3n) is 2.06. The van der Waals surface area contributed by atoms with E-state index in [0.29, 0.717) is 0 Å². The van der Waals surface area contributed by atoms with Crippen molar-refractivity contribution in [2.45, 2.75) is 24.3 Å². The predicted molar refractivity (Wildman–Crippen MR) is 70.3 cm³/mol. The van der Waals surface area contributed by atoms with Gasteiger partial charge in [0, 0.05) is 12.6 Å². The van der Waals surface area contributed by atoms with E-state index < -0.39 is 22.1 Å². The van der Waals surface area contributed by atoms with Gasteiger partial charge in [-0.1, -0.05) is 17.7 Å². The molecular formula is C11H18N2O5S. The van der Waals surface area contributed by atoms with Crippen LogP contribution < -0.4 is 11.5 Å². The molecule has 19 heavy (non-hydrogen) atoms. The van der Waals surface area contributed by atoms with Gasteiger partial charge in [-0.25, -0.2) is 0 Å². The molecular weight excluding hydrogens is 272 g/mol. The Kier molecular flexibility index (Phi) is 7.23. The highest BCUT2D eigenvalue weighted by atomic mass is 32.2. The lowest BCUT2D eigenvalue weighted by atomic mass is 10.2. The van der Waals surface area contributed by atoms with Gasteiger partial charge in [0.25, 0.3) is 10.1 Å². The van der Waals surface area contributed by atoms with Gasteiger partial charge in [-0.15, -0.1) is 0 Å². The third kappa shape index (κ3) is 8.27. The smallest absolute Gasteiger partial charge is 0.304 e. The number of hydrogen-bond acceptors (Lipinski definition) is 5. The summed E-state index contributed by atoms with van der Waals surface area (Å²) in [4.78, 5) is 9.77. The summed E-state index contributed by atoms with van der Waals surface area (Å²) in [6.07, 6.45) is -0.0451. The van der Waals surface area contributed by atoms with Gasteiger partial charge in [-0.2, -0.15) is 8.42 Å². The number of benzene rings is 1. The Morgan fingerprint density at radius 3 is 2.05 bits per heavy atom. The second-order valence-corrected chi connectivity index (χ2v) is 5.30. The lowest BCUT2D eigenvalue weighted by Crippen LogP contribution is -2.31.